The molecule has 0 atom stereocenters. The number of benzene rings is 1. The molecule has 32 heavy (non-hydrogen) atoms. The summed E-state index contributed by atoms with van der Waals surface area (Å²) in [6.07, 6.45) is 7.28. The zero-order chi connectivity index (χ0) is 22.8. The highest BCUT2D eigenvalue weighted by Crippen LogP contribution is 2.36. The van der Waals surface area contributed by atoms with Crippen molar-refractivity contribution < 1.29 is 17.5 Å². The SMILES string of the molecule is CC1(c2ccc(OCC3CCN(c4ncc(F)cn4)CC3)cc2)CCN(S(C)(=O)=O)CC1. The zero-order valence-corrected chi connectivity index (χ0v) is 19.5. The highest BCUT2D eigenvalue weighted by molar-refractivity contribution is 7.88. The number of anilines is 1. The first-order chi connectivity index (χ1) is 15.2. The Bertz CT molecular complexity index is 999. The van der Waals surface area contributed by atoms with Gasteiger partial charge < -0.3 is 9.64 Å². The van der Waals surface area contributed by atoms with Gasteiger partial charge in [-0.2, -0.15) is 0 Å². The summed E-state index contributed by atoms with van der Waals surface area (Å²) in [6, 6.07) is 8.26. The van der Waals surface area contributed by atoms with Gasteiger partial charge in [-0.3, -0.25) is 0 Å². The van der Waals surface area contributed by atoms with Gasteiger partial charge >= 0.3 is 0 Å². The maximum Gasteiger partial charge on any atom is 0.225 e. The molecule has 0 N–H and O–H groups in total. The van der Waals surface area contributed by atoms with Crippen LogP contribution in [0.15, 0.2) is 36.7 Å². The van der Waals surface area contributed by atoms with Crippen molar-refractivity contribution >= 4 is 16.0 Å². The van der Waals surface area contributed by atoms with Crippen molar-refractivity contribution in [2.75, 3.05) is 43.9 Å². The minimum Gasteiger partial charge on any atom is -0.493 e. The lowest BCUT2D eigenvalue weighted by atomic mass is 9.75. The molecule has 0 saturated carbocycles. The van der Waals surface area contributed by atoms with Crippen molar-refractivity contribution in [2.24, 2.45) is 5.92 Å². The van der Waals surface area contributed by atoms with Gasteiger partial charge in [0.05, 0.1) is 25.3 Å². The van der Waals surface area contributed by atoms with Gasteiger partial charge in [0, 0.05) is 26.2 Å². The van der Waals surface area contributed by atoms with E-state index in [0.29, 0.717) is 31.6 Å². The van der Waals surface area contributed by atoms with Gasteiger partial charge in [-0.25, -0.2) is 27.1 Å². The third kappa shape index (κ3) is 5.38. The molecule has 9 heteroatoms. The Morgan fingerprint density at radius 2 is 1.66 bits per heavy atom. The van der Waals surface area contributed by atoms with Crippen molar-refractivity contribution in [1.29, 1.82) is 0 Å². The molecular weight excluding hydrogens is 431 g/mol. The van der Waals surface area contributed by atoms with Crippen LogP contribution in [0.3, 0.4) is 0 Å². The van der Waals surface area contributed by atoms with Crippen LogP contribution in [0.2, 0.25) is 0 Å². The van der Waals surface area contributed by atoms with Gasteiger partial charge in [0.2, 0.25) is 16.0 Å². The fraction of sp³-hybridized carbons (Fsp3) is 0.565. The third-order valence-electron chi connectivity index (χ3n) is 6.84. The van der Waals surface area contributed by atoms with E-state index in [2.05, 4.69) is 33.9 Å². The second kappa shape index (κ2) is 9.31. The van der Waals surface area contributed by atoms with E-state index in [1.165, 1.54) is 24.2 Å². The first-order valence-corrected chi connectivity index (χ1v) is 13.0. The molecule has 0 amide bonds. The van der Waals surface area contributed by atoms with E-state index in [9.17, 15) is 12.8 Å². The minimum atomic E-state index is -3.12. The molecule has 4 rings (SSSR count). The van der Waals surface area contributed by atoms with Crippen molar-refractivity contribution in [3.63, 3.8) is 0 Å². The van der Waals surface area contributed by atoms with Crippen LogP contribution in [0.5, 0.6) is 5.75 Å². The molecule has 0 bridgehead atoms. The molecule has 0 spiro atoms. The first kappa shape index (κ1) is 22.9. The van der Waals surface area contributed by atoms with E-state index in [-0.39, 0.29) is 5.41 Å². The number of sulfonamides is 1. The van der Waals surface area contributed by atoms with E-state index in [4.69, 9.17) is 4.74 Å². The lowest BCUT2D eigenvalue weighted by Crippen LogP contribution is -2.43. The fourth-order valence-electron chi connectivity index (χ4n) is 4.54. The average Bonchev–Trinajstić information content (AvgIpc) is 2.79. The number of piperidine rings is 2. The number of hydrogen-bond donors (Lipinski definition) is 0. The summed E-state index contributed by atoms with van der Waals surface area (Å²) in [5.74, 6) is 1.48. The molecular formula is C23H31FN4O3S. The summed E-state index contributed by atoms with van der Waals surface area (Å²) in [5, 5.41) is 0. The molecule has 2 aliphatic rings. The van der Waals surface area contributed by atoms with Crippen LogP contribution in [0.4, 0.5) is 10.3 Å². The van der Waals surface area contributed by atoms with Crippen LogP contribution in [0.25, 0.3) is 0 Å². The molecule has 0 radical (unpaired) electrons. The monoisotopic (exact) mass is 462 g/mol. The molecule has 2 aromatic rings. The lowest BCUT2D eigenvalue weighted by molar-refractivity contribution is 0.222. The van der Waals surface area contributed by atoms with Crippen LogP contribution in [-0.2, 0) is 15.4 Å². The second-order valence-electron chi connectivity index (χ2n) is 9.19. The summed E-state index contributed by atoms with van der Waals surface area (Å²) < 4.78 is 44.2. The van der Waals surface area contributed by atoms with E-state index < -0.39 is 15.8 Å². The van der Waals surface area contributed by atoms with Gasteiger partial charge in [0.1, 0.15) is 5.75 Å². The van der Waals surface area contributed by atoms with Crippen LogP contribution >= 0.6 is 0 Å². The summed E-state index contributed by atoms with van der Waals surface area (Å²) in [4.78, 5) is 10.2. The van der Waals surface area contributed by atoms with Crippen LogP contribution in [0.1, 0.15) is 38.2 Å². The standard InChI is InChI=1S/C23H31FN4O3S/c1-23(9-13-28(14-10-23)32(2,29)30)19-3-5-21(6-4-19)31-17-18-7-11-27(12-8-18)22-25-15-20(24)16-26-22/h3-6,15-16,18H,7-14,17H2,1-2H3. The Morgan fingerprint density at radius 3 is 2.22 bits per heavy atom. The number of nitrogens with zero attached hydrogens (tertiary/aromatic N) is 4. The summed E-state index contributed by atoms with van der Waals surface area (Å²) in [7, 11) is -3.12. The van der Waals surface area contributed by atoms with E-state index in [1.54, 1.807) is 4.31 Å². The summed E-state index contributed by atoms with van der Waals surface area (Å²) in [6.45, 7) is 5.67. The first-order valence-electron chi connectivity index (χ1n) is 11.1. The predicted molar refractivity (Wildman–Crippen MR) is 122 cm³/mol. The van der Waals surface area contributed by atoms with Crippen molar-refractivity contribution in [1.82, 2.24) is 14.3 Å². The normalized spacial score (nSPS) is 20.3. The number of hydrogen-bond acceptors (Lipinski definition) is 6. The van der Waals surface area contributed by atoms with Gasteiger partial charge in [0.25, 0.3) is 0 Å². The maximum atomic E-state index is 13.0. The zero-order valence-electron chi connectivity index (χ0n) is 18.7. The van der Waals surface area contributed by atoms with Gasteiger partial charge in [-0.1, -0.05) is 19.1 Å². The quantitative estimate of drug-likeness (QED) is 0.656. The van der Waals surface area contributed by atoms with Crippen molar-refractivity contribution in [3.05, 3.63) is 48.0 Å². The van der Waals surface area contributed by atoms with E-state index >= 15 is 0 Å². The highest BCUT2D eigenvalue weighted by atomic mass is 32.2. The Balaban J connectivity index is 1.25. The topological polar surface area (TPSA) is 75.6 Å². The molecule has 3 heterocycles. The Kier molecular flexibility index (Phi) is 6.67. The molecule has 2 fully saturated rings. The highest BCUT2D eigenvalue weighted by Gasteiger charge is 2.34. The maximum absolute atomic E-state index is 13.0. The van der Waals surface area contributed by atoms with Crippen LogP contribution in [0, 0.1) is 11.7 Å². The van der Waals surface area contributed by atoms with Crippen molar-refractivity contribution in [2.45, 2.75) is 38.0 Å². The molecule has 0 unspecified atom stereocenters. The minimum absolute atomic E-state index is 0.0189. The molecule has 1 aromatic heterocycles. The van der Waals surface area contributed by atoms with Gasteiger partial charge in [0.15, 0.2) is 5.82 Å². The number of ether oxygens (including phenoxy) is 1. The second-order valence-corrected chi connectivity index (χ2v) is 11.2. The van der Waals surface area contributed by atoms with Crippen LogP contribution < -0.4 is 9.64 Å². The Labute approximate surface area is 189 Å². The van der Waals surface area contributed by atoms with Gasteiger partial charge in [-0.15, -0.1) is 0 Å². The summed E-state index contributed by atoms with van der Waals surface area (Å²) in [5.41, 5.74) is 1.21. The molecule has 2 aliphatic heterocycles. The van der Waals surface area contributed by atoms with Crippen molar-refractivity contribution in [3.8, 4) is 5.75 Å². The number of aromatic nitrogens is 2. The smallest absolute Gasteiger partial charge is 0.225 e. The third-order valence-corrected chi connectivity index (χ3v) is 8.14. The fourth-order valence-corrected chi connectivity index (χ4v) is 5.38. The molecule has 0 aliphatic carbocycles. The average molecular weight is 463 g/mol. The van der Waals surface area contributed by atoms with E-state index in [1.807, 2.05) is 12.1 Å². The molecule has 1 aromatic carbocycles. The molecule has 174 valence electrons. The Morgan fingerprint density at radius 1 is 1.06 bits per heavy atom. The summed E-state index contributed by atoms with van der Waals surface area (Å²) >= 11 is 0. The van der Waals surface area contributed by atoms with Gasteiger partial charge in [-0.05, 0) is 54.7 Å². The largest absolute Gasteiger partial charge is 0.493 e. The molecule has 2 saturated heterocycles. The molecule has 7 nitrogen and oxygen atoms in total. The van der Waals surface area contributed by atoms with E-state index in [0.717, 1.165) is 44.5 Å². The Hall–Kier alpha value is -2.26. The lowest BCUT2D eigenvalue weighted by Gasteiger charge is -2.38. The predicted octanol–water partition coefficient (Wildman–Crippen LogP) is 3.22. The number of rotatable bonds is 6. The van der Waals surface area contributed by atoms with Crippen LogP contribution in [-0.4, -0.2) is 61.7 Å². The number of halogens is 1.